The molecule has 3 fully saturated rings. The summed E-state index contributed by atoms with van der Waals surface area (Å²) in [7, 11) is 0. The van der Waals surface area contributed by atoms with Crippen LogP contribution in [0.25, 0.3) is 0 Å². The van der Waals surface area contributed by atoms with Crippen molar-refractivity contribution in [1.29, 1.82) is 0 Å². The molecule has 1 amide bonds. The van der Waals surface area contributed by atoms with Gasteiger partial charge in [-0.05, 0) is 51.5 Å². The molecule has 1 aliphatic heterocycles. The monoisotopic (exact) mass is 337 g/mol. The van der Waals surface area contributed by atoms with Crippen LogP contribution in [0.2, 0.25) is 0 Å². The highest BCUT2D eigenvalue weighted by molar-refractivity contribution is 5.77. The summed E-state index contributed by atoms with van der Waals surface area (Å²) in [5, 5.41) is 3.27. The summed E-state index contributed by atoms with van der Waals surface area (Å²) in [5.41, 5.74) is 5.97. The standard InChI is InChI=1S/C19H35N3O2/c1-17(2)15-22(10-11-24-17)19(6-4-3-5-7-19)14-21-16(23)12-18(13-20)8-9-18/h3-15,20H2,1-2H3,(H,21,23). The minimum Gasteiger partial charge on any atom is -0.373 e. The van der Waals surface area contributed by atoms with Crippen molar-refractivity contribution in [1.82, 2.24) is 10.2 Å². The van der Waals surface area contributed by atoms with Gasteiger partial charge in [-0.2, -0.15) is 0 Å². The maximum Gasteiger partial charge on any atom is 0.220 e. The predicted octanol–water partition coefficient (Wildman–Crippen LogP) is 2.05. The molecule has 0 aromatic carbocycles. The van der Waals surface area contributed by atoms with E-state index >= 15 is 0 Å². The molecule has 5 heteroatoms. The van der Waals surface area contributed by atoms with Gasteiger partial charge in [0.1, 0.15) is 0 Å². The molecule has 5 nitrogen and oxygen atoms in total. The number of hydrogen-bond donors (Lipinski definition) is 2. The maximum absolute atomic E-state index is 12.4. The van der Waals surface area contributed by atoms with Crippen LogP contribution in [0.1, 0.15) is 65.2 Å². The molecule has 24 heavy (non-hydrogen) atoms. The molecule has 0 aromatic heterocycles. The smallest absolute Gasteiger partial charge is 0.220 e. The van der Waals surface area contributed by atoms with Gasteiger partial charge < -0.3 is 15.8 Å². The van der Waals surface area contributed by atoms with E-state index in [1.165, 1.54) is 32.1 Å². The number of hydrogen-bond acceptors (Lipinski definition) is 4. The van der Waals surface area contributed by atoms with Gasteiger partial charge in [0.05, 0.1) is 12.2 Å². The van der Waals surface area contributed by atoms with Gasteiger partial charge in [0, 0.05) is 31.6 Å². The zero-order chi connectivity index (χ0) is 17.3. The average molecular weight is 338 g/mol. The third kappa shape index (κ3) is 4.12. The van der Waals surface area contributed by atoms with Crippen LogP contribution in [-0.4, -0.2) is 54.7 Å². The van der Waals surface area contributed by atoms with Crippen LogP contribution in [0.15, 0.2) is 0 Å². The van der Waals surface area contributed by atoms with Crippen molar-refractivity contribution in [2.24, 2.45) is 11.1 Å². The Hall–Kier alpha value is -0.650. The fourth-order valence-corrected chi connectivity index (χ4v) is 4.53. The number of carbonyl (C=O) groups is 1. The van der Waals surface area contributed by atoms with Gasteiger partial charge in [-0.15, -0.1) is 0 Å². The van der Waals surface area contributed by atoms with E-state index in [0.29, 0.717) is 13.0 Å². The Morgan fingerprint density at radius 1 is 1.17 bits per heavy atom. The van der Waals surface area contributed by atoms with Crippen LogP contribution in [0.4, 0.5) is 0 Å². The SMILES string of the molecule is CC1(C)CN(C2(CNC(=O)CC3(CN)CC3)CCCCC2)CCO1. The van der Waals surface area contributed by atoms with Crippen molar-refractivity contribution < 1.29 is 9.53 Å². The maximum atomic E-state index is 12.4. The summed E-state index contributed by atoms with van der Waals surface area (Å²) in [6.07, 6.45) is 9.05. The van der Waals surface area contributed by atoms with Crippen LogP contribution >= 0.6 is 0 Å². The van der Waals surface area contributed by atoms with Crippen LogP contribution in [0.5, 0.6) is 0 Å². The highest BCUT2D eigenvalue weighted by Crippen LogP contribution is 2.47. The predicted molar refractivity (Wildman–Crippen MR) is 95.8 cm³/mol. The molecule has 138 valence electrons. The Kier molecular flexibility index (Phi) is 5.24. The van der Waals surface area contributed by atoms with Crippen LogP contribution in [-0.2, 0) is 9.53 Å². The first-order valence-electron chi connectivity index (χ1n) is 9.75. The Labute approximate surface area is 146 Å². The number of nitrogens with two attached hydrogens (primary N) is 1. The minimum absolute atomic E-state index is 0.0929. The van der Waals surface area contributed by atoms with E-state index in [2.05, 4.69) is 24.1 Å². The molecule has 1 heterocycles. The molecule has 0 radical (unpaired) electrons. The highest BCUT2D eigenvalue weighted by atomic mass is 16.5. The lowest BCUT2D eigenvalue weighted by Gasteiger charge is -2.51. The Bertz CT molecular complexity index is 454. The van der Waals surface area contributed by atoms with Gasteiger partial charge in [0.2, 0.25) is 5.91 Å². The first kappa shape index (κ1) is 18.2. The normalized spacial score (nSPS) is 28.3. The van der Waals surface area contributed by atoms with Crippen LogP contribution < -0.4 is 11.1 Å². The fraction of sp³-hybridized carbons (Fsp3) is 0.947. The second-order valence-corrected chi connectivity index (χ2v) is 8.97. The lowest BCUT2D eigenvalue weighted by atomic mass is 9.79. The number of carbonyl (C=O) groups excluding carboxylic acids is 1. The molecule has 0 aromatic rings. The number of nitrogens with zero attached hydrogens (tertiary/aromatic N) is 1. The van der Waals surface area contributed by atoms with E-state index in [1.807, 2.05) is 0 Å². The molecule has 0 spiro atoms. The molecule has 3 aliphatic rings. The Morgan fingerprint density at radius 2 is 1.88 bits per heavy atom. The van der Waals surface area contributed by atoms with Crippen LogP contribution in [0, 0.1) is 5.41 Å². The molecule has 0 unspecified atom stereocenters. The molecule has 0 atom stereocenters. The molecule has 2 saturated carbocycles. The van der Waals surface area contributed by atoms with Gasteiger partial charge in [0.15, 0.2) is 0 Å². The third-order valence-corrected chi connectivity index (χ3v) is 6.42. The van der Waals surface area contributed by atoms with Gasteiger partial charge in [-0.25, -0.2) is 0 Å². The summed E-state index contributed by atoms with van der Waals surface area (Å²) in [4.78, 5) is 15.0. The lowest BCUT2D eigenvalue weighted by Crippen LogP contribution is -2.63. The van der Waals surface area contributed by atoms with E-state index in [-0.39, 0.29) is 22.5 Å². The van der Waals surface area contributed by atoms with E-state index in [0.717, 1.165) is 39.1 Å². The zero-order valence-electron chi connectivity index (χ0n) is 15.5. The van der Waals surface area contributed by atoms with Gasteiger partial charge in [-0.1, -0.05) is 19.3 Å². The molecule has 2 aliphatic carbocycles. The van der Waals surface area contributed by atoms with E-state index < -0.39 is 0 Å². The van der Waals surface area contributed by atoms with Crippen molar-refractivity contribution in [3.05, 3.63) is 0 Å². The van der Waals surface area contributed by atoms with E-state index in [4.69, 9.17) is 10.5 Å². The van der Waals surface area contributed by atoms with Crippen LogP contribution in [0.3, 0.4) is 0 Å². The van der Waals surface area contributed by atoms with Gasteiger partial charge >= 0.3 is 0 Å². The van der Waals surface area contributed by atoms with Gasteiger partial charge in [-0.3, -0.25) is 9.69 Å². The fourth-order valence-electron chi connectivity index (χ4n) is 4.53. The zero-order valence-corrected chi connectivity index (χ0v) is 15.5. The average Bonchev–Trinajstić information content (AvgIpc) is 3.33. The lowest BCUT2D eigenvalue weighted by molar-refractivity contribution is -0.129. The largest absolute Gasteiger partial charge is 0.373 e. The highest BCUT2D eigenvalue weighted by Gasteiger charge is 2.45. The molecule has 3 N–H and O–H groups in total. The minimum atomic E-state index is -0.0929. The Morgan fingerprint density at radius 3 is 2.46 bits per heavy atom. The first-order valence-corrected chi connectivity index (χ1v) is 9.75. The second kappa shape index (κ2) is 6.93. The summed E-state index contributed by atoms with van der Waals surface area (Å²) in [6.45, 7) is 8.49. The molecule has 3 rings (SSSR count). The summed E-state index contributed by atoms with van der Waals surface area (Å²) >= 11 is 0. The number of morpholine rings is 1. The first-order chi connectivity index (χ1) is 11.4. The van der Waals surface area contributed by atoms with Crippen molar-refractivity contribution in [3.8, 4) is 0 Å². The van der Waals surface area contributed by atoms with Crippen molar-refractivity contribution in [2.45, 2.75) is 76.4 Å². The number of amides is 1. The molecule has 1 saturated heterocycles. The molecule has 0 bridgehead atoms. The topological polar surface area (TPSA) is 67.6 Å². The third-order valence-electron chi connectivity index (χ3n) is 6.42. The van der Waals surface area contributed by atoms with Gasteiger partial charge in [0.25, 0.3) is 0 Å². The number of nitrogens with one attached hydrogen (secondary N) is 1. The van der Waals surface area contributed by atoms with E-state index in [9.17, 15) is 4.79 Å². The molecular formula is C19H35N3O2. The van der Waals surface area contributed by atoms with E-state index in [1.54, 1.807) is 0 Å². The Balaban J connectivity index is 1.62. The number of rotatable bonds is 6. The van der Waals surface area contributed by atoms with Crippen molar-refractivity contribution in [2.75, 3.05) is 32.8 Å². The summed E-state index contributed by atoms with van der Waals surface area (Å²) in [5.74, 6) is 0.190. The van der Waals surface area contributed by atoms with Crippen molar-refractivity contribution >= 4 is 5.91 Å². The number of ether oxygens (including phenoxy) is 1. The molecular weight excluding hydrogens is 302 g/mol. The quantitative estimate of drug-likeness (QED) is 0.778. The summed E-state index contributed by atoms with van der Waals surface area (Å²) < 4.78 is 5.90. The van der Waals surface area contributed by atoms with Crippen molar-refractivity contribution in [3.63, 3.8) is 0 Å². The second-order valence-electron chi connectivity index (χ2n) is 8.97. The summed E-state index contributed by atoms with van der Waals surface area (Å²) in [6, 6.07) is 0.